The first-order chi connectivity index (χ1) is 8.35. The molecule has 96 valence electrons. The van der Waals surface area contributed by atoms with Crippen LogP contribution in [-0.4, -0.2) is 27.0 Å². The van der Waals surface area contributed by atoms with Crippen molar-refractivity contribution in [3.05, 3.63) is 28.3 Å². The number of fused-ring (bicyclic) bond motifs is 1. The van der Waals surface area contributed by atoms with Crippen molar-refractivity contribution in [2.24, 2.45) is 5.73 Å². The number of hydrogen-bond donors (Lipinski definition) is 2. The van der Waals surface area contributed by atoms with E-state index in [0.29, 0.717) is 23.7 Å². The molecule has 1 heterocycles. The van der Waals surface area contributed by atoms with Gasteiger partial charge in [0.2, 0.25) is 0 Å². The number of benzene rings is 1. The summed E-state index contributed by atoms with van der Waals surface area (Å²) in [7, 11) is 0. The topological polar surface area (TPSA) is 107 Å². The van der Waals surface area contributed by atoms with Crippen LogP contribution in [0.4, 0.5) is 5.69 Å². The molecular formula is C11H14N4O3. The first-order valence-electron chi connectivity index (χ1n) is 5.41. The monoisotopic (exact) mass is 250 g/mol. The number of nitro benzene ring substituents is 1. The van der Waals surface area contributed by atoms with E-state index in [4.69, 9.17) is 10.5 Å². The van der Waals surface area contributed by atoms with E-state index in [1.807, 2.05) is 13.8 Å². The molecule has 1 aromatic carbocycles. The molecule has 7 nitrogen and oxygen atoms in total. The van der Waals surface area contributed by atoms with Gasteiger partial charge in [0.25, 0.3) is 11.7 Å². The van der Waals surface area contributed by atoms with E-state index in [0.717, 1.165) is 0 Å². The van der Waals surface area contributed by atoms with Crippen LogP contribution in [0.5, 0.6) is 6.01 Å². The van der Waals surface area contributed by atoms with Gasteiger partial charge in [-0.25, -0.2) is 0 Å². The molecule has 0 radical (unpaired) electrons. The molecule has 0 spiro atoms. The van der Waals surface area contributed by atoms with Gasteiger partial charge in [0.1, 0.15) is 6.61 Å². The van der Waals surface area contributed by atoms with Gasteiger partial charge < -0.3 is 15.5 Å². The molecule has 0 bridgehead atoms. The standard InChI is InChI=1S/C11H14N4O3/c1-11(2,12)6-18-10-13-8-4-3-7(15(16)17)5-9(8)14-10/h3-5H,6,12H2,1-2H3,(H,13,14). The van der Waals surface area contributed by atoms with Crippen molar-refractivity contribution >= 4 is 16.7 Å². The highest BCUT2D eigenvalue weighted by Crippen LogP contribution is 2.21. The minimum Gasteiger partial charge on any atom is -0.463 e. The van der Waals surface area contributed by atoms with Gasteiger partial charge >= 0.3 is 0 Å². The second-order valence-corrected chi connectivity index (χ2v) is 4.78. The lowest BCUT2D eigenvalue weighted by atomic mass is 10.1. The van der Waals surface area contributed by atoms with E-state index in [1.165, 1.54) is 12.1 Å². The number of rotatable bonds is 4. The van der Waals surface area contributed by atoms with Crippen molar-refractivity contribution in [3.8, 4) is 6.01 Å². The van der Waals surface area contributed by atoms with Crippen molar-refractivity contribution in [1.82, 2.24) is 9.97 Å². The minimum absolute atomic E-state index is 0.0110. The maximum atomic E-state index is 10.6. The van der Waals surface area contributed by atoms with Gasteiger partial charge in [-0.2, -0.15) is 4.98 Å². The maximum absolute atomic E-state index is 10.6. The fourth-order valence-electron chi connectivity index (χ4n) is 1.41. The molecule has 0 aliphatic carbocycles. The van der Waals surface area contributed by atoms with E-state index in [1.54, 1.807) is 6.07 Å². The van der Waals surface area contributed by atoms with E-state index < -0.39 is 10.5 Å². The number of nitrogens with two attached hydrogens (primary N) is 1. The predicted molar refractivity (Wildman–Crippen MR) is 66.5 cm³/mol. The van der Waals surface area contributed by atoms with E-state index in [2.05, 4.69) is 9.97 Å². The average Bonchev–Trinajstić information content (AvgIpc) is 2.66. The highest BCUT2D eigenvalue weighted by atomic mass is 16.6. The molecule has 0 aliphatic heterocycles. The third kappa shape index (κ3) is 2.75. The van der Waals surface area contributed by atoms with Crippen molar-refractivity contribution < 1.29 is 9.66 Å². The summed E-state index contributed by atoms with van der Waals surface area (Å²) < 4.78 is 5.39. The Balaban J connectivity index is 2.24. The van der Waals surface area contributed by atoms with Crippen LogP contribution in [0.25, 0.3) is 11.0 Å². The minimum atomic E-state index is -0.467. The van der Waals surface area contributed by atoms with Crippen molar-refractivity contribution in [1.29, 1.82) is 0 Å². The number of nitrogens with one attached hydrogen (secondary N) is 1. The Bertz CT molecular complexity index is 585. The highest BCUT2D eigenvalue weighted by molar-refractivity contribution is 5.78. The van der Waals surface area contributed by atoms with Gasteiger partial charge in [0.15, 0.2) is 0 Å². The van der Waals surface area contributed by atoms with Gasteiger partial charge in [0.05, 0.1) is 16.0 Å². The molecule has 0 saturated carbocycles. The molecule has 0 amide bonds. The van der Waals surface area contributed by atoms with E-state index >= 15 is 0 Å². The second-order valence-electron chi connectivity index (χ2n) is 4.78. The van der Waals surface area contributed by atoms with Crippen LogP contribution in [-0.2, 0) is 0 Å². The van der Waals surface area contributed by atoms with Crippen LogP contribution in [0.2, 0.25) is 0 Å². The van der Waals surface area contributed by atoms with Gasteiger partial charge in [-0.3, -0.25) is 10.1 Å². The summed E-state index contributed by atoms with van der Waals surface area (Å²) >= 11 is 0. The first-order valence-corrected chi connectivity index (χ1v) is 5.41. The van der Waals surface area contributed by atoms with Crippen molar-refractivity contribution in [2.75, 3.05) is 6.61 Å². The summed E-state index contributed by atoms with van der Waals surface area (Å²) in [6.45, 7) is 3.97. The number of aromatic amines is 1. The van der Waals surface area contributed by atoms with Crippen LogP contribution in [0.1, 0.15) is 13.8 Å². The van der Waals surface area contributed by atoms with Crippen LogP contribution < -0.4 is 10.5 Å². The molecule has 18 heavy (non-hydrogen) atoms. The summed E-state index contributed by atoms with van der Waals surface area (Å²) in [4.78, 5) is 17.2. The van der Waals surface area contributed by atoms with Crippen LogP contribution in [0.3, 0.4) is 0 Å². The van der Waals surface area contributed by atoms with Gasteiger partial charge in [0, 0.05) is 17.7 Å². The lowest BCUT2D eigenvalue weighted by Crippen LogP contribution is -2.38. The van der Waals surface area contributed by atoms with E-state index in [-0.39, 0.29) is 5.69 Å². The second kappa shape index (κ2) is 4.26. The SMILES string of the molecule is CC(C)(N)COc1nc2ccc([N+](=O)[O-])cc2[nH]1. The quantitative estimate of drug-likeness (QED) is 0.632. The number of ether oxygens (including phenoxy) is 1. The normalized spacial score (nSPS) is 11.7. The van der Waals surface area contributed by atoms with Gasteiger partial charge in [-0.05, 0) is 19.9 Å². The molecule has 0 aliphatic rings. The largest absolute Gasteiger partial charge is 0.463 e. The number of imidazole rings is 1. The maximum Gasteiger partial charge on any atom is 0.294 e. The van der Waals surface area contributed by atoms with E-state index in [9.17, 15) is 10.1 Å². The molecule has 3 N–H and O–H groups in total. The summed E-state index contributed by atoms with van der Waals surface area (Å²) in [5, 5.41) is 10.6. The average molecular weight is 250 g/mol. The lowest BCUT2D eigenvalue weighted by molar-refractivity contribution is -0.384. The van der Waals surface area contributed by atoms with Gasteiger partial charge in [-0.15, -0.1) is 0 Å². The fourth-order valence-corrected chi connectivity index (χ4v) is 1.41. The lowest BCUT2D eigenvalue weighted by Gasteiger charge is -2.17. The summed E-state index contributed by atoms with van der Waals surface area (Å²) in [6.07, 6.45) is 0. The molecule has 1 aromatic heterocycles. The fraction of sp³-hybridized carbons (Fsp3) is 0.364. The third-order valence-corrected chi connectivity index (χ3v) is 2.24. The molecule has 0 unspecified atom stereocenters. The highest BCUT2D eigenvalue weighted by Gasteiger charge is 2.14. The number of nitrogens with zero attached hydrogens (tertiary/aromatic N) is 2. The molecule has 7 heteroatoms. The van der Waals surface area contributed by atoms with Crippen LogP contribution >= 0.6 is 0 Å². The number of non-ortho nitro benzene ring substituents is 1. The molecule has 0 saturated heterocycles. The zero-order valence-electron chi connectivity index (χ0n) is 10.1. The third-order valence-electron chi connectivity index (χ3n) is 2.24. The molecule has 0 fully saturated rings. The Morgan fingerprint density at radius 2 is 2.28 bits per heavy atom. The molecule has 0 atom stereocenters. The number of H-pyrrole nitrogens is 1. The number of aromatic nitrogens is 2. The smallest absolute Gasteiger partial charge is 0.294 e. The zero-order valence-corrected chi connectivity index (χ0v) is 10.1. The molecule has 2 rings (SSSR count). The summed E-state index contributed by atoms with van der Waals surface area (Å²) in [5.41, 5.74) is 6.51. The van der Waals surface area contributed by atoms with Crippen molar-refractivity contribution in [2.45, 2.75) is 19.4 Å². The summed E-state index contributed by atoms with van der Waals surface area (Å²) in [5.74, 6) is 0. The molecular weight excluding hydrogens is 236 g/mol. The Kier molecular flexibility index (Phi) is 2.92. The van der Waals surface area contributed by atoms with Crippen molar-refractivity contribution in [3.63, 3.8) is 0 Å². The predicted octanol–water partition coefficient (Wildman–Crippen LogP) is 1.59. The Morgan fingerprint density at radius 3 is 2.89 bits per heavy atom. The van der Waals surface area contributed by atoms with Crippen LogP contribution in [0.15, 0.2) is 18.2 Å². The summed E-state index contributed by atoms with van der Waals surface area (Å²) in [6, 6.07) is 4.71. The number of nitro groups is 1. The zero-order chi connectivity index (χ0) is 13.3. The first kappa shape index (κ1) is 12.3. The molecule has 2 aromatic rings. The van der Waals surface area contributed by atoms with Crippen LogP contribution in [0, 0.1) is 10.1 Å². The Hall–Kier alpha value is -2.15. The Morgan fingerprint density at radius 1 is 1.56 bits per heavy atom. The Labute approximate surface area is 103 Å². The number of hydrogen-bond acceptors (Lipinski definition) is 5. The van der Waals surface area contributed by atoms with Gasteiger partial charge in [-0.1, -0.05) is 0 Å².